The first-order valence-electron chi connectivity index (χ1n) is 7.91. The summed E-state index contributed by atoms with van der Waals surface area (Å²) in [5.41, 5.74) is 0.662. The van der Waals surface area contributed by atoms with Crippen LogP contribution < -0.4 is 9.47 Å². The summed E-state index contributed by atoms with van der Waals surface area (Å²) >= 11 is 0. The maximum atomic E-state index is 12.8. The van der Waals surface area contributed by atoms with Crippen molar-refractivity contribution in [1.29, 1.82) is 0 Å². The molecule has 1 amide bonds. The molecule has 5 heteroatoms. The second-order valence-corrected chi connectivity index (χ2v) is 6.37. The Morgan fingerprint density at radius 1 is 1.05 bits per heavy atom. The highest BCUT2D eigenvalue weighted by Gasteiger charge is 2.32. The molecular formula is C17H24N2O3. The first-order valence-corrected chi connectivity index (χ1v) is 7.91. The van der Waals surface area contributed by atoms with E-state index in [1.807, 2.05) is 24.1 Å². The van der Waals surface area contributed by atoms with E-state index in [4.69, 9.17) is 9.47 Å². The molecule has 0 saturated heterocycles. The van der Waals surface area contributed by atoms with Gasteiger partial charge in [0.1, 0.15) is 0 Å². The highest BCUT2D eigenvalue weighted by atomic mass is 16.7. The van der Waals surface area contributed by atoms with Gasteiger partial charge in [0.05, 0.1) is 0 Å². The Hall–Kier alpha value is -1.75. The largest absolute Gasteiger partial charge is 0.454 e. The van der Waals surface area contributed by atoms with Crippen molar-refractivity contribution in [3.8, 4) is 11.5 Å². The smallest absolute Gasteiger partial charge is 0.254 e. The molecule has 2 atom stereocenters. The van der Waals surface area contributed by atoms with Crippen LogP contribution in [-0.2, 0) is 0 Å². The van der Waals surface area contributed by atoms with Gasteiger partial charge in [-0.3, -0.25) is 4.79 Å². The van der Waals surface area contributed by atoms with Gasteiger partial charge in [0.15, 0.2) is 11.5 Å². The van der Waals surface area contributed by atoms with Gasteiger partial charge < -0.3 is 19.3 Å². The lowest BCUT2D eigenvalue weighted by Crippen LogP contribution is -2.51. The number of hydrogen-bond donors (Lipinski definition) is 0. The minimum absolute atomic E-state index is 0.0528. The van der Waals surface area contributed by atoms with E-state index >= 15 is 0 Å². The van der Waals surface area contributed by atoms with Crippen LogP contribution >= 0.6 is 0 Å². The van der Waals surface area contributed by atoms with Gasteiger partial charge in [-0.05, 0) is 45.1 Å². The van der Waals surface area contributed by atoms with Crippen molar-refractivity contribution in [2.24, 2.45) is 0 Å². The number of hydrogen-bond acceptors (Lipinski definition) is 4. The molecule has 2 aliphatic rings. The van der Waals surface area contributed by atoms with Crippen molar-refractivity contribution in [3.05, 3.63) is 23.8 Å². The average molecular weight is 304 g/mol. The Balaban J connectivity index is 1.78. The van der Waals surface area contributed by atoms with Crippen LogP contribution in [0.2, 0.25) is 0 Å². The number of nitrogens with zero attached hydrogens (tertiary/aromatic N) is 2. The van der Waals surface area contributed by atoms with Crippen molar-refractivity contribution in [2.75, 3.05) is 27.9 Å². The van der Waals surface area contributed by atoms with Gasteiger partial charge in [0.2, 0.25) is 6.79 Å². The van der Waals surface area contributed by atoms with Gasteiger partial charge in [-0.1, -0.05) is 12.8 Å². The monoisotopic (exact) mass is 304 g/mol. The van der Waals surface area contributed by atoms with E-state index in [0.29, 0.717) is 23.1 Å². The summed E-state index contributed by atoms with van der Waals surface area (Å²) in [5, 5.41) is 0. The van der Waals surface area contributed by atoms with Crippen molar-refractivity contribution in [3.63, 3.8) is 0 Å². The van der Waals surface area contributed by atoms with Crippen LogP contribution in [0.3, 0.4) is 0 Å². The molecular weight excluding hydrogens is 280 g/mol. The molecule has 22 heavy (non-hydrogen) atoms. The molecule has 3 rings (SSSR count). The van der Waals surface area contributed by atoms with E-state index in [-0.39, 0.29) is 18.7 Å². The van der Waals surface area contributed by atoms with E-state index in [2.05, 4.69) is 19.0 Å². The number of amides is 1. The Labute approximate surface area is 131 Å². The first kappa shape index (κ1) is 15.2. The van der Waals surface area contributed by atoms with Crippen molar-refractivity contribution in [2.45, 2.75) is 37.8 Å². The Bertz CT molecular complexity index is 559. The summed E-state index contributed by atoms with van der Waals surface area (Å²) in [7, 11) is 6.11. The highest BCUT2D eigenvalue weighted by Crippen LogP contribution is 2.33. The Kier molecular flexibility index (Phi) is 4.25. The van der Waals surface area contributed by atoms with E-state index < -0.39 is 0 Å². The second kappa shape index (κ2) is 6.16. The average Bonchev–Trinajstić information content (AvgIpc) is 3.01. The molecule has 2 unspecified atom stereocenters. The lowest BCUT2D eigenvalue weighted by atomic mass is 9.88. The van der Waals surface area contributed by atoms with Crippen LogP contribution in [0.25, 0.3) is 0 Å². The number of rotatable bonds is 3. The summed E-state index contributed by atoms with van der Waals surface area (Å²) in [6.45, 7) is 0.230. The Morgan fingerprint density at radius 3 is 2.45 bits per heavy atom. The number of likely N-dealkylation sites (N-methyl/N-ethyl adjacent to an activating group) is 2. The number of fused-ring (bicyclic) bond motifs is 1. The highest BCUT2D eigenvalue weighted by molar-refractivity contribution is 5.95. The summed E-state index contributed by atoms with van der Waals surface area (Å²) in [6.07, 6.45) is 4.64. The van der Waals surface area contributed by atoms with Gasteiger partial charge in [-0.2, -0.15) is 0 Å². The molecule has 0 radical (unpaired) electrons. The van der Waals surface area contributed by atoms with Crippen molar-refractivity contribution in [1.82, 2.24) is 9.80 Å². The number of carbonyl (C=O) groups is 1. The summed E-state index contributed by atoms with van der Waals surface area (Å²) in [4.78, 5) is 17.0. The molecule has 1 saturated carbocycles. The molecule has 1 aromatic rings. The zero-order chi connectivity index (χ0) is 15.7. The van der Waals surface area contributed by atoms with Gasteiger partial charge in [-0.25, -0.2) is 0 Å². The molecule has 0 bridgehead atoms. The predicted octanol–water partition coefficient (Wildman–Crippen LogP) is 2.36. The normalized spacial score (nSPS) is 23.6. The quantitative estimate of drug-likeness (QED) is 0.860. The lowest BCUT2D eigenvalue weighted by molar-refractivity contribution is 0.0544. The van der Waals surface area contributed by atoms with E-state index in [0.717, 1.165) is 12.8 Å². The molecule has 1 aliphatic carbocycles. The molecule has 0 spiro atoms. The van der Waals surface area contributed by atoms with Gasteiger partial charge in [0.25, 0.3) is 5.91 Å². The molecule has 120 valence electrons. The van der Waals surface area contributed by atoms with E-state index in [9.17, 15) is 4.79 Å². The third kappa shape index (κ3) is 2.77. The molecule has 1 fully saturated rings. The third-order valence-electron chi connectivity index (χ3n) is 4.79. The van der Waals surface area contributed by atoms with Crippen LogP contribution in [0, 0.1) is 0 Å². The van der Waals surface area contributed by atoms with E-state index in [1.54, 1.807) is 6.07 Å². The predicted molar refractivity (Wildman–Crippen MR) is 84.4 cm³/mol. The fourth-order valence-corrected chi connectivity index (χ4v) is 3.53. The fourth-order valence-electron chi connectivity index (χ4n) is 3.53. The molecule has 1 aliphatic heterocycles. The molecule has 0 N–H and O–H groups in total. The van der Waals surface area contributed by atoms with E-state index in [1.165, 1.54) is 12.8 Å². The minimum Gasteiger partial charge on any atom is -0.454 e. The van der Waals surface area contributed by atoms with Gasteiger partial charge >= 0.3 is 0 Å². The van der Waals surface area contributed by atoms with Crippen LogP contribution in [0.15, 0.2) is 18.2 Å². The molecule has 1 aromatic carbocycles. The van der Waals surface area contributed by atoms with Crippen LogP contribution in [0.1, 0.15) is 36.0 Å². The topological polar surface area (TPSA) is 42.0 Å². The third-order valence-corrected chi connectivity index (χ3v) is 4.79. The zero-order valence-corrected chi connectivity index (χ0v) is 13.5. The first-order chi connectivity index (χ1) is 10.6. The molecule has 1 heterocycles. The maximum absolute atomic E-state index is 12.8. The zero-order valence-electron chi connectivity index (χ0n) is 13.5. The van der Waals surface area contributed by atoms with Crippen LogP contribution in [0.4, 0.5) is 0 Å². The van der Waals surface area contributed by atoms with Crippen molar-refractivity contribution < 1.29 is 14.3 Å². The number of ether oxygens (including phenoxy) is 2. The van der Waals surface area contributed by atoms with Crippen molar-refractivity contribution >= 4 is 5.91 Å². The summed E-state index contributed by atoms with van der Waals surface area (Å²) < 4.78 is 10.7. The SMILES string of the molecule is CN(C)C1CCCCC1N(C)C(=O)c1ccc2c(c1)OCO2. The summed E-state index contributed by atoms with van der Waals surface area (Å²) in [5.74, 6) is 1.42. The van der Waals surface area contributed by atoms with Crippen LogP contribution in [0.5, 0.6) is 11.5 Å². The standard InChI is InChI=1S/C17H24N2O3/c1-18(2)13-6-4-5-7-14(13)19(3)17(20)12-8-9-15-16(10-12)22-11-21-15/h8-10,13-14H,4-7,11H2,1-3H3. The number of benzene rings is 1. The summed E-state index contributed by atoms with van der Waals surface area (Å²) in [6, 6.07) is 6.11. The minimum atomic E-state index is 0.0528. The molecule has 0 aromatic heterocycles. The van der Waals surface area contributed by atoms with Gasteiger partial charge in [0, 0.05) is 24.7 Å². The maximum Gasteiger partial charge on any atom is 0.254 e. The Morgan fingerprint density at radius 2 is 1.73 bits per heavy atom. The van der Waals surface area contributed by atoms with Gasteiger partial charge in [-0.15, -0.1) is 0 Å². The number of carbonyl (C=O) groups excluding carboxylic acids is 1. The molecule has 5 nitrogen and oxygen atoms in total. The fraction of sp³-hybridized carbons (Fsp3) is 0.588. The van der Waals surface area contributed by atoms with Crippen LogP contribution in [-0.4, -0.2) is 55.7 Å². The lowest BCUT2D eigenvalue weighted by Gasteiger charge is -2.41. The second-order valence-electron chi connectivity index (χ2n) is 6.37.